The number of aliphatic hydroxyl groups excluding tert-OH is 1. The second-order valence-electron chi connectivity index (χ2n) is 4.06. The number of hydrogen-bond acceptors (Lipinski definition) is 3. The Balaban J connectivity index is 1.95. The minimum Gasteiger partial charge on any atom is -0.394 e. The lowest BCUT2D eigenvalue weighted by atomic mass is 10.1. The summed E-state index contributed by atoms with van der Waals surface area (Å²) in [7, 11) is 0. The first-order valence-electron chi connectivity index (χ1n) is 5.27. The summed E-state index contributed by atoms with van der Waals surface area (Å²) in [4.78, 5) is 0. The van der Waals surface area contributed by atoms with Crippen LogP contribution in [0.5, 0.6) is 0 Å². The van der Waals surface area contributed by atoms with Crippen molar-refractivity contribution in [3.05, 3.63) is 0 Å². The van der Waals surface area contributed by atoms with Crippen LogP contribution in [0.1, 0.15) is 38.5 Å². The van der Waals surface area contributed by atoms with Crippen LogP contribution in [0.3, 0.4) is 0 Å². The van der Waals surface area contributed by atoms with Crippen LogP contribution < -0.4 is 0 Å². The first-order chi connectivity index (χ1) is 6.35. The van der Waals surface area contributed by atoms with Crippen LogP contribution in [0.15, 0.2) is 0 Å². The second kappa shape index (κ2) is 3.95. The maximum atomic E-state index is 8.95. The molecule has 0 amide bonds. The molecule has 0 aromatic rings. The van der Waals surface area contributed by atoms with Gasteiger partial charge in [0.15, 0.2) is 5.79 Å². The van der Waals surface area contributed by atoms with E-state index in [1.54, 1.807) is 0 Å². The molecule has 0 unspecified atom stereocenters. The van der Waals surface area contributed by atoms with Gasteiger partial charge in [-0.05, 0) is 12.8 Å². The van der Waals surface area contributed by atoms with E-state index in [0.717, 1.165) is 12.8 Å². The molecule has 13 heavy (non-hydrogen) atoms. The van der Waals surface area contributed by atoms with E-state index < -0.39 is 0 Å². The van der Waals surface area contributed by atoms with Gasteiger partial charge in [0.05, 0.1) is 13.2 Å². The van der Waals surface area contributed by atoms with Crippen molar-refractivity contribution in [3.63, 3.8) is 0 Å². The number of rotatable bonds is 1. The molecule has 1 N–H and O–H groups in total. The Hall–Kier alpha value is -0.120. The number of ether oxygens (including phenoxy) is 2. The molecule has 2 fully saturated rings. The minimum atomic E-state index is -0.329. The third kappa shape index (κ3) is 2.03. The van der Waals surface area contributed by atoms with Gasteiger partial charge in [0.1, 0.15) is 6.10 Å². The Kier molecular flexibility index (Phi) is 2.86. The zero-order valence-corrected chi connectivity index (χ0v) is 8.00. The van der Waals surface area contributed by atoms with Crippen LogP contribution in [0.25, 0.3) is 0 Å². The molecule has 1 saturated heterocycles. The zero-order valence-electron chi connectivity index (χ0n) is 8.00. The monoisotopic (exact) mass is 186 g/mol. The SMILES string of the molecule is OC[C@H]1COC2(CCCCCC2)O1. The average molecular weight is 186 g/mol. The third-order valence-electron chi connectivity index (χ3n) is 2.98. The van der Waals surface area contributed by atoms with Gasteiger partial charge in [-0.15, -0.1) is 0 Å². The molecule has 1 aliphatic heterocycles. The molecular weight excluding hydrogens is 168 g/mol. The van der Waals surface area contributed by atoms with Crippen molar-refractivity contribution in [2.24, 2.45) is 0 Å². The second-order valence-corrected chi connectivity index (χ2v) is 4.06. The topological polar surface area (TPSA) is 38.7 Å². The van der Waals surface area contributed by atoms with Crippen LogP contribution in [0.2, 0.25) is 0 Å². The first-order valence-corrected chi connectivity index (χ1v) is 5.27. The fourth-order valence-electron chi connectivity index (χ4n) is 2.24. The van der Waals surface area contributed by atoms with E-state index >= 15 is 0 Å². The predicted octanol–water partition coefficient (Wildman–Crippen LogP) is 1.44. The molecule has 0 bridgehead atoms. The van der Waals surface area contributed by atoms with Crippen LogP contribution in [-0.4, -0.2) is 30.2 Å². The Morgan fingerprint density at radius 2 is 1.85 bits per heavy atom. The van der Waals surface area contributed by atoms with Crippen molar-refractivity contribution in [3.8, 4) is 0 Å². The average Bonchev–Trinajstić information content (AvgIpc) is 2.40. The molecule has 0 radical (unpaired) electrons. The molecule has 1 atom stereocenters. The smallest absolute Gasteiger partial charge is 0.169 e. The summed E-state index contributed by atoms with van der Waals surface area (Å²) in [6.45, 7) is 0.651. The lowest BCUT2D eigenvalue weighted by Crippen LogP contribution is -2.30. The lowest BCUT2D eigenvalue weighted by Gasteiger charge is -2.26. The van der Waals surface area contributed by atoms with Crippen molar-refractivity contribution in [1.82, 2.24) is 0 Å². The van der Waals surface area contributed by atoms with Crippen molar-refractivity contribution < 1.29 is 14.6 Å². The summed E-state index contributed by atoms with van der Waals surface area (Å²) in [5.74, 6) is -0.329. The van der Waals surface area contributed by atoms with E-state index in [4.69, 9.17) is 14.6 Å². The van der Waals surface area contributed by atoms with Gasteiger partial charge >= 0.3 is 0 Å². The molecule has 2 rings (SSSR count). The third-order valence-corrected chi connectivity index (χ3v) is 2.98. The van der Waals surface area contributed by atoms with Gasteiger partial charge in [-0.1, -0.05) is 12.8 Å². The van der Waals surface area contributed by atoms with Crippen LogP contribution in [-0.2, 0) is 9.47 Å². The molecule has 1 spiro atoms. The maximum absolute atomic E-state index is 8.95. The molecule has 1 aliphatic carbocycles. The van der Waals surface area contributed by atoms with Crippen LogP contribution >= 0.6 is 0 Å². The van der Waals surface area contributed by atoms with E-state index in [2.05, 4.69) is 0 Å². The van der Waals surface area contributed by atoms with E-state index in [-0.39, 0.29) is 18.5 Å². The number of hydrogen-bond donors (Lipinski definition) is 1. The van der Waals surface area contributed by atoms with Crippen molar-refractivity contribution >= 4 is 0 Å². The highest BCUT2D eigenvalue weighted by molar-refractivity contribution is 4.80. The Labute approximate surface area is 79.0 Å². The molecule has 0 aromatic heterocycles. The molecule has 76 valence electrons. The van der Waals surface area contributed by atoms with E-state index in [9.17, 15) is 0 Å². The summed E-state index contributed by atoms with van der Waals surface area (Å²) in [6.07, 6.45) is 6.89. The van der Waals surface area contributed by atoms with Gasteiger partial charge in [0.25, 0.3) is 0 Å². The van der Waals surface area contributed by atoms with E-state index in [1.165, 1.54) is 25.7 Å². The summed E-state index contributed by atoms with van der Waals surface area (Å²) in [6, 6.07) is 0. The van der Waals surface area contributed by atoms with Gasteiger partial charge in [-0.3, -0.25) is 0 Å². The fourth-order valence-corrected chi connectivity index (χ4v) is 2.24. The predicted molar refractivity (Wildman–Crippen MR) is 48.3 cm³/mol. The Morgan fingerprint density at radius 3 is 2.38 bits per heavy atom. The van der Waals surface area contributed by atoms with Crippen molar-refractivity contribution in [1.29, 1.82) is 0 Å². The summed E-state index contributed by atoms with van der Waals surface area (Å²) in [5.41, 5.74) is 0. The lowest BCUT2D eigenvalue weighted by molar-refractivity contribution is -0.179. The fraction of sp³-hybridized carbons (Fsp3) is 1.00. The molecule has 1 heterocycles. The van der Waals surface area contributed by atoms with Gasteiger partial charge < -0.3 is 14.6 Å². The Morgan fingerprint density at radius 1 is 1.15 bits per heavy atom. The van der Waals surface area contributed by atoms with Gasteiger partial charge in [-0.25, -0.2) is 0 Å². The minimum absolute atomic E-state index is 0.0851. The van der Waals surface area contributed by atoms with Gasteiger partial charge in [-0.2, -0.15) is 0 Å². The summed E-state index contributed by atoms with van der Waals surface area (Å²) in [5, 5.41) is 8.95. The van der Waals surface area contributed by atoms with E-state index in [0.29, 0.717) is 6.61 Å². The molecule has 1 saturated carbocycles. The largest absolute Gasteiger partial charge is 0.394 e. The quantitative estimate of drug-likeness (QED) is 0.673. The highest BCUT2D eigenvalue weighted by Gasteiger charge is 2.40. The van der Waals surface area contributed by atoms with E-state index in [1.807, 2.05) is 0 Å². The van der Waals surface area contributed by atoms with Gasteiger partial charge in [0.2, 0.25) is 0 Å². The normalized spacial score (nSPS) is 33.5. The maximum Gasteiger partial charge on any atom is 0.169 e. The zero-order chi connectivity index (χ0) is 9.15. The Bertz CT molecular complexity index is 162. The first kappa shape index (κ1) is 9.44. The van der Waals surface area contributed by atoms with Crippen LogP contribution in [0.4, 0.5) is 0 Å². The number of aliphatic hydroxyl groups is 1. The highest BCUT2D eigenvalue weighted by atomic mass is 16.7. The summed E-state index contributed by atoms with van der Waals surface area (Å²) < 4.78 is 11.4. The van der Waals surface area contributed by atoms with Crippen molar-refractivity contribution in [2.45, 2.75) is 50.4 Å². The van der Waals surface area contributed by atoms with Gasteiger partial charge in [0, 0.05) is 12.8 Å². The summed E-state index contributed by atoms with van der Waals surface area (Å²) >= 11 is 0. The molecule has 0 aromatic carbocycles. The van der Waals surface area contributed by atoms with Crippen molar-refractivity contribution in [2.75, 3.05) is 13.2 Å². The highest BCUT2D eigenvalue weighted by Crippen LogP contribution is 2.36. The molecule has 2 aliphatic rings. The molecule has 3 heteroatoms. The van der Waals surface area contributed by atoms with Crippen LogP contribution in [0, 0.1) is 0 Å². The molecule has 3 nitrogen and oxygen atoms in total. The standard InChI is InChI=1S/C10H18O3/c11-7-9-8-12-10(13-9)5-3-1-2-4-6-10/h9,11H,1-8H2/t9-/m0/s1. The molecular formula is C10H18O3.